The second kappa shape index (κ2) is 6.66. The zero-order valence-electron chi connectivity index (χ0n) is 12.2. The van der Waals surface area contributed by atoms with Gasteiger partial charge in [0.2, 0.25) is 0 Å². The van der Waals surface area contributed by atoms with Crippen LogP contribution in [0.25, 0.3) is 11.3 Å². The molecule has 0 aliphatic heterocycles. The summed E-state index contributed by atoms with van der Waals surface area (Å²) in [5, 5.41) is 3.86. The van der Waals surface area contributed by atoms with Gasteiger partial charge in [0, 0.05) is 10.0 Å². The van der Waals surface area contributed by atoms with Crippen molar-refractivity contribution in [2.24, 2.45) is 5.10 Å². The van der Waals surface area contributed by atoms with E-state index in [4.69, 9.17) is 8.83 Å². The number of hydrogen-bond donors (Lipinski definition) is 1. The first-order valence-corrected chi connectivity index (χ1v) is 7.67. The summed E-state index contributed by atoms with van der Waals surface area (Å²) in [6, 6.07) is 14.7. The van der Waals surface area contributed by atoms with Crippen molar-refractivity contribution in [2.45, 2.75) is 6.92 Å². The average Bonchev–Trinajstić information content (AvgIpc) is 3.17. The number of nitrogens with one attached hydrogen (secondary N) is 1. The van der Waals surface area contributed by atoms with Gasteiger partial charge in [0.1, 0.15) is 17.3 Å². The Morgan fingerprint density at radius 3 is 2.57 bits per heavy atom. The molecule has 0 saturated carbocycles. The predicted molar refractivity (Wildman–Crippen MR) is 90.3 cm³/mol. The van der Waals surface area contributed by atoms with Crippen LogP contribution in [0.1, 0.15) is 22.1 Å². The van der Waals surface area contributed by atoms with Crippen molar-refractivity contribution in [1.29, 1.82) is 0 Å². The van der Waals surface area contributed by atoms with Crippen LogP contribution in [-0.4, -0.2) is 12.1 Å². The van der Waals surface area contributed by atoms with Crippen LogP contribution < -0.4 is 5.43 Å². The number of hydrogen-bond acceptors (Lipinski definition) is 4. The van der Waals surface area contributed by atoms with Crippen molar-refractivity contribution < 1.29 is 13.6 Å². The SMILES string of the molecule is Cc1ccc(C(=O)N/N=C/c2ccc(-c3ccc(Br)cc3)o2)o1. The van der Waals surface area contributed by atoms with Crippen LogP contribution in [0.3, 0.4) is 0 Å². The molecule has 0 fully saturated rings. The molecule has 5 nitrogen and oxygen atoms in total. The van der Waals surface area contributed by atoms with E-state index in [1.807, 2.05) is 30.3 Å². The minimum atomic E-state index is -0.408. The molecule has 0 aliphatic rings. The van der Waals surface area contributed by atoms with Gasteiger partial charge in [-0.1, -0.05) is 28.1 Å². The minimum Gasteiger partial charge on any atom is -0.456 e. The number of hydrazone groups is 1. The second-order valence-electron chi connectivity index (χ2n) is 4.82. The van der Waals surface area contributed by atoms with E-state index in [1.165, 1.54) is 6.21 Å². The number of rotatable bonds is 4. The van der Waals surface area contributed by atoms with Crippen molar-refractivity contribution in [1.82, 2.24) is 5.43 Å². The second-order valence-corrected chi connectivity index (χ2v) is 5.73. The third-order valence-corrected chi connectivity index (χ3v) is 3.61. The Labute approximate surface area is 141 Å². The lowest BCUT2D eigenvalue weighted by molar-refractivity contribution is 0.0926. The first kappa shape index (κ1) is 15.3. The van der Waals surface area contributed by atoms with Gasteiger partial charge in [-0.3, -0.25) is 4.79 Å². The number of furan rings is 2. The van der Waals surface area contributed by atoms with Gasteiger partial charge in [-0.2, -0.15) is 5.10 Å². The molecule has 116 valence electrons. The fourth-order valence-corrected chi connectivity index (χ4v) is 2.22. The maximum absolute atomic E-state index is 11.8. The Bertz CT molecular complexity index is 847. The molecule has 1 amide bonds. The largest absolute Gasteiger partial charge is 0.456 e. The molecule has 0 radical (unpaired) electrons. The normalized spacial score (nSPS) is 11.0. The van der Waals surface area contributed by atoms with Gasteiger partial charge in [0.15, 0.2) is 5.76 Å². The van der Waals surface area contributed by atoms with E-state index < -0.39 is 5.91 Å². The summed E-state index contributed by atoms with van der Waals surface area (Å²) >= 11 is 3.39. The molecule has 23 heavy (non-hydrogen) atoms. The quantitative estimate of drug-likeness (QED) is 0.545. The molecule has 3 rings (SSSR count). The molecule has 2 aromatic heterocycles. The van der Waals surface area contributed by atoms with Gasteiger partial charge in [-0.25, -0.2) is 5.43 Å². The Hall–Kier alpha value is -2.60. The van der Waals surface area contributed by atoms with Crippen molar-refractivity contribution >= 4 is 28.1 Å². The maximum Gasteiger partial charge on any atom is 0.307 e. The molecule has 0 unspecified atom stereocenters. The standard InChI is InChI=1S/C17H13BrN2O3/c1-11-2-8-16(22-11)17(21)20-19-10-14-7-9-15(23-14)12-3-5-13(18)6-4-12/h2-10H,1H3,(H,20,21)/b19-10+. The highest BCUT2D eigenvalue weighted by molar-refractivity contribution is 9.10. The highest BCUT2D eigenvalue weighted by atomic mass is 79.9. The Morgan fingerprint density at radius 1 is 1.09 bits per heavy atom. The van der Waals surface area contributed by atoms with Crippen LogP contribution in [0, 0.1) is 6.92 Å². The van der Waals surface area contributed by atoms with Crippen LogP contribution >= 0.6 is 15.9 Å². The van der Waals surface area contributed by atoms with Crippen LogP contribution in [-0.2, 0) is 0 Å². The maximum atomic E-state index is 11.8. The van der Waals surface area contributed by atoms with E-state index in [9.17, 15) is 4.79 Å². The highest BCUT2D eigenvalue weighted by Crippen LogP contribution is 2.23. The Morgan fingerprint density at radius 2 is 1.87 bits per heavy atom. The lowest BCUT2D eigenvalue weighted by Gasteiger charge is -1.96. The lowest BCUT2D eigenvalue weighted by Crippen LogP contribution is -2.16. The summed E-state index contributed by atoms with van der Waals surface area (Å²) in [7, 11) is 0. The first-order chi connectivity index (χ1) is 11.1. The summed E-state index contributed by atoms with van der Waals surface area (Å²) in [6.07, 6.45) is 1.44. The van der Waals surface area contributed by atoms with Gasteiger partial charge < -0.3 is 8.83 Å². The molecule has 0 saturated heterocycles. The van der Waals surface area contributed by atoms with Crippen molar-refractivity contribution in [2.75, 3.05) is 0 Å². The summed E-state index contributed by atoms with van der Waals surface area (Å²) in [5.41, 5.74) is 3.35. The molecule has 1 N–H and O–H groups in total. The monoisotopic (exact) mass is 372 g/mol. The third kappa shape index (κ3) is 3.78. The summed E-state index contributed by atoms with van der Waals surface area (Å²) in [4.78, 5) is 11.8. The van der Waals surface area contributed by atoms with Crippen molar-refractivity contribution in [3.05, 3.63) is 70.3 Å². The molecule has 0 aliphatic carbocycles. The van der Waals surface area contributed by atoms with Crippen LogP contribution in [0.15, 0.2) is 66.9 Å². The van der Waals surface area contributed by atoms with Gasteiger partial charge in [-0.05, 0) is 43.3 Å². The van der Waals surface area contributed by atoms with Crippen LogP contribution in [0.4, 0.5) is 0 Å². The Kier molecular flexibility index (Phi) is 4.43. The zero-order valence-corrected chi connectivity index (χ0v) is 13.8. The fraction of sp³-hybridized carbons (Fsp3) is 0.0588. The van der Waals surface area contributed by atoms with Crippen LogP contribution in [0.2, 0.25) is 0 Å². The van der Waals surface area contributed by atoms with E-state index >= 15 is 0 Å². The number of carbonyl (C=O) groups excluding carboxylic acids is 1. The van der Waals surface area contributed by atoms with E-state index in [1.54, 1.807) is 25.1 Å². The minimum absolute atomic E-state index is 0.217. The van der Waals surface area contributed by atoms with Gasteiger partial charge in [0.05, 0.1) is 6.21 Å². The van der Waals surface area contributed by atoms with Gasteiger partial charge in [-0.15, -0.1) is 0 Å². The third-order valence-electron chi connectivity index (χ3n) is 3.08. The fourth-order valence-electron chi connectivity index (χ4n) is 1.96. The van der Waals surface area contributed by atoms with E-state index in [-0.39, 0.29) is 5.76 Å². The lowest BCUT2D eigenvalue weighted by atomic mass is 10.2. The first-order valence-electron chi connectivity index (χ1n) is 6.87. The molecule has 2 heterocycles. The molecule has 0 atom stereocenters. The summed E-state index contributed by atoms with van der Waals surface area (Å²) in [5.74, 6) is 1.75. The molecule has 1 aromatic carbocycles. The molecule has 3 aromatic rings. The summed E-state index contributed by atoms with van der Waals surface area (Å²) < 4.78 is 11.9. The van der Waals surface area contributed by atoms with E-state index in [2.05, 4.69) is 26.5 Å². The predicted octanol–water partition coefficient (Wildman–Crippen LogP) is 4.37. The van der Waals surface area contributed by atoms with Crippen molar-refractivity contribution in [3.63, 3.8) is 0 Å². The number of amides is 1. The average molecular weight is 373 g/mol. The van der Waals surface area contributed by atoms with Crippen LogP contribution in [0.5, 0.6) is 0 Å². The highest BCUT2D eigenvalue weighted by Gasteiger charge is 2.08. The number of nitrogens with zero attached hydrogens (tertiary/aromatic N) is 1. The Balaban J connectivity index is 1.64. The molecule has 0 bridgehead atoms. The van der Waals surface area contributed by atoms with E-state index in [0.29, 0.717) is 11.5 Å². The zero-order chi connectivity index (χ0) is 16.2. The van der Waals surface area contributed by atoms with Gasteiger partial charge in [0.25, 0.3) is 0 Å². The number of aryl methyl sites for hydroxylation is 1. The molecule has 0 spiro atoms. The molecular weight excluding hydrogens is 360 g/mol. The number of carbonyl (C=O) groups is 1. The number of benzene rings is 1. The smallest absolute Gasteiger partial charge is 0.307 e. The molecular formula is C17H13BrN2O3. The van der Waals surface area contributed by atoms with Gasteiger partial charge >= 0.3 is 5.91 Å². The van der Waals surface area contributed by atoms with E-state index in [0.717, 1.165) is 15.8 Å². The van der Waals surface area contributed by atoms with Crippen molar-refractivity contribution in [3.8, 4) is 11.3 Å². The molecule has 6 heteroatoms. The topological polar surface area (TPSA) is 67.7 Å². The number of halogens is 1. The summed E-state index contributed by atoms with van der Waals surface area (Å²) in [6.45, 7) is 1.77.